The van der Waals surface area contributed by atoms with Gasteiger partial charge in [-0.15, -0.1) is 0 Å². The summed E-state index contributed by atoms with van der Waals surface area (Å²) in [4.78, 5) is 27.3. The van der Waals surface area contributed by atoms with Gasteiger partial charge in [0.25, 0.3) is 0 Å². The summed E-state index contributed by atoms with van der Waals surface area (Å²) in [6.07, 6.45) is 0. The Hall–Kier alpha value is -2.90. The molecule has 4 rings (SSSR count). The summed E-state index contributed by atoms with van der Waals surface area (Å²) in [6, 6.07) is 13.9. The minimum absolute atomic E-state index is 0.0333. The molecule has 7 nitrogen and oxygen atoms in total. The van der Waals surface area contributed by atoms with Gasteiger partial charge in [0, 0.05) is 13.1 Å². The molecule has 2 amide bonds. The number of nitrogens with one attached hydrogen (secondary N) is 1. The van der Waals surface area contributed by atoms with Crippen molar-refractivity contribution in [2.24, 2.45) is 5.92 Å². The van der Waals surface area contributed by atoms with Crippen molar-refractivity contribution in [1.82, 2.24) is 15.3 Å². The number of benzene rings is 2. The molecule has 146 valence electrons. The van der Waals surface area contributed by atoms with Crippen LogP contribution in [0.25, 0.3) is 0 Å². The van der Waals surface area contributed by atoms with Crippen molar-refractivity contribution >= 4 is 11.8 Å². The number of rotatable bonds is 5. The number of phenolic OH excluding ortho intramolecular Hbond substituents is 1. The van der Waals surface area contributed by atoms with Crippen LogP contribution in [0.2, 0.25) is 0 Å². The first-order chi connectivity index (χ1) is 13.5. The second kappa shape index (κ2) is 7.26. The number of ether oxygens (including phenoxy) is 1. The van der Waals surface area contributed by atoms with Gasteiger partial charge in [-0.2, -0.15) is 0 Å². The standard InChI is InChI=1S/C21H23N3O4/c1-3-23-20(26)17-18(14-9-10-15(25)16(11-14)28-2)22-24(19(17)21(23)27)12-13-7-5-4-6-8-13/h4-11,17-19,22,25H,3,12H2,1-2H3/t17-,18+,19+/m1/s1. The number of nitrogens with zero attached hydrogens (tertiary/aromatic N) is 2. The number of amides is 2. The highest BCUT2D eigenvalue weighted by molar-refractivity contribution is 6.07. The normalized spacial score (nSPS) is 24.6. The first-order valence-electron chi connectivity index (χ1n) is 9.34. The zero-order chi connectivity index (χ0) is 19.8. The van der Waals surface area contributed by atoms with Gasteiger partial charge >= 0.3 is 0 Å². The number of hydrogen-bond acceptors (Lipinski definition) is 6. The van der Waals surface area contributed by atoms with Gasteiger partial charge in [0.1, 0.15) is 6.04 Å². The molecule has 2 aromatic carbocycles. The van der Waals surface area contributed by atoms with E-state index in [1.165, 1.54) is 12.0 Å². The molecule has 0 spiro atoms. The first-order valence-corrected chi connectivity index (χ1v) is 9.34. The lowest BCUT2D eigenvalue weighted by Gasteiger charge is -2.24. The molecule has 2 N–H and O–H groups in total. The summed E-state index contributed by atoms with van der Waals surface area (Å²) >= 11 is 0. The molecule has 2 fully saturated rings. The molecule has 0 bridgehead atoms. The Morgan fingerprint density at radius 1 is 1.11 bits per heavy atom. The molecule has 7 heteroatoms. The van der Waals surface area contributed by atoms with Crippen LogP contribution in [0, 0.1) is 5.92 Å². The van der Waals surface area contributed by atoms with Gasteiger partial charge < -0.3 is 9.84 Å². The smallest absolute Gasteiger partial charge is 0.248 e. The van der Waals surface area contributed by atoms with E-state index in [4.69, 9.17) is 4.74 Å². The van der Waals surface area contributed by atoms with E-state index in [1.807, 2.05) is 42.3 Å². The molecule has 28 heavy (non-hydrogen) atoms. The van der Waals surface area contributed by atoms with Gasteiger partial charge in [0.05, 0.1) is 19.1 Å². The predicted octanol–water partition coefficient (Wildman–Crippen LogP) is 1.84. The Balaban J connectivity index is 1.71. The van der Waals surface area contributed by atoms with Crippen molar-refractivity contribution in [2.75, 3.05) is 13.7 Å². The van der Waals surface area contributed by atoms with Crippen molar-refractivity contribution in [3.8, 4) is 11.5 Å². The molecular formula is C21H23N3O4. The molecule has 0 unspecified atom stereocenters. The average Bonchev–Trinajstić information content (AvgIpc) is 3.19. The number of phenols is 1. The lowest BCUT2D eigenvalue weighted by molar-refractivity contribution is -0.141. The van der Waals surface area contributed by atoms with E-state index in [-0.39, 0.29) is 23.6 Å². The van der Waals surface area contributed by atoms with Gasteiger partial charge in [-0.3, -0.25) is 14.5 Å². The second-order valence-corrected chi connectivity index (χ2v) is 7.04. The van der Waals surface area contributed by atoms with Gasteiger partial charge in [-0.05, 0) is 30.2 Å². The second-order valence-electron chi connectivity index (χ2n) is 7.04. The summed E-state index contributed by atoms with van der Waals surface area (Å²) in [5.74, 6) is -0.496. The van der Waals surface area contributed by atoms with Crippen LogP contribution in [0.15, 0.2) is 48.5 Å². The molecule has 0 radical (unpaired) electrons. The number of likely N-dealkylation sites (tertiary alicyclic amines) is 1. The minimum atomic E-state index is -0.558. The Morgan fingerprint density at radius 2 is 1.86 bits per heavy atom. The van der Waals surface area contributed by atoms with Crippen LogP contribution in [0.1, 0.15) is 24.1 Å². The van der Waals surface area contributed by atoms with E-state index < -0.39 is 12.0 Å². The Bertz CT molecular complexity index is 902. The molecule has 0 saturated carbocycles. The zero-order valence-corrected chi connectivity index (χ0v) is 15.8. The quantitative estimate of drug-likeness (QED) is 0.769. The molecule has 2 aromatic rings. The van der Waals surface area contributed by atoms with Gasteiger partial charge in [0.15, 0.2) is 11.5 Å². The van der Waals surface area contributed by atoms with Crippen LogP contribution < -0.4 is 10.2 Å². The fourth-order valence-corrected chi connectivity index (χ4v) is 4.13. The number of hydrazine groups is 1. The summed E-state index contributed by atoms with van der Waals surface area (Å²) in [6.45, 7) is 2.67. The molecule has 3 atom stereocenters. The third kappa shape index (κ3) is 2.93. The minimum Gasteiger partial charge on any atom is -0.504 e. The van der Waals surface area contributed by atoms with Crippen LogP contribution in [0.5, 0.6) is 11.5 Å². The van der Waals surface area contributed by atoms with Gasteiger partial charge in [0.2, 0.25) is 11.8 Å². The van der Waals surface area contributed by atoms with Crippen LogP contribution in [-0.4, -0.2) is 46.5 Å². The van der Waals surface area contributed by atoms with Crippen molar-refractivity contribution in [2.45, 2.75) is 25.6 Å². The number of fused-ring (bicyclic) bond motifs is 1. The maximum atomic E-state index is 13.0. The molecule has 0 aliphatic carbocycles. The van der Waals surface area contributed by atoms with Gasteiger partial charge in [-0.25, -0.2) is 10.4 Å². The number of likely N-dealkylation sites (N-methyl/N-ethyl adjacent to an activating group) is 1. The summed E-state index contributed by atoms with van der Waals surface area (Å²) in [5, 5.41) is 11.8. The van der Waals surface area contributed by atoms with E-state index in [2.05, 4.69) is 5.43 Å². The van der Waals surface area contributed by atoms with Crippen LogP contribution >= 0.6 is 0 Å². The van der Waals surface area contributed by atoms with Crippen molar-refractivity contribution in [3.63, 3.8) is 0 Å². The van der Waals surface area contributed by atoms with Crippen LogP contribution in [0.3, 0.4) is 0 Å². The van der Waals surface area contributed by atoms with Crippen molar-refractivity contribution in [1.29, 1.82) is 0 Å². The Morgan fingerprint density at radius 3 is 2.54 bits per heavy atom. The van der Waals surface area contributed by atoms with Gasteiger partial charge in [-0.1, -0.05) is 36.4 Å². The maximum Gasteiger partial charge on any atom is 0.248 e. The Kier molecular flexibility index (Phi) is 4.78. The van der Waals surface area contributed by atoms with E-state index in [0.29, 0.717) is 18.8 Å². The van der Waals surface area contributed by atoms with Crippen molar-refractivity contribution in [3.05, 3.63) is 59.7 Å². The van der Waals surface area contributed by atoms with E-state index >= 15 is 0 Å². The van der Waals surface area contributed by atoms with Crippen molar-refractivity contribution < 1.29 is 19.4 Å². The highest BCUT2D eigenvalue weighted by atomic mass is 16.5. The average molecular weight is 381 g/mol. The molecule has 0 aromatic heterocycles. The maximum absolute atomic E-state index is 13.0. The monoisotopic (exact) mass is 381 g/mol. The summed E-state index contributed by atoms with van der Waals surface area (Å²) in [5.41, 5.74) is 5.20. The molecule has 2 heterocycles. The third-order valence-corrected chi connectivity index (χ3v) is 5.49. The molecule has 2 aliphatic heterocycles. The topological polar surface area (TPSA) is 82.1 Å². The number of imide groups is 1. The number of carbonyl (C=O) groups is 2. The molecular weight excluding hydrogens is 358 g/mol. The lowest BCUT2D eigenvalue weighted by Crippen LogP contribution is -2.44. The van der Waals surface area contributed by atoms with E-state index in [0.717, 1.165) is 11.1 Å². The predicted molar refractivity (Wildman–Crippen MR) is 102 cm³/mol. The third-order valence-electron chi connectivity index (χ3n) is 5.49. The number of hydrogen-bond donors (Lipinski definition) is 2. The highest BCUT2D eigenvalue weighted by Gasteiger charge is 2.58. The fraction of sp³-hybridized carbons (Fsp3) is 0.333. The Labute approximate surface area is 163 Å². The molecule has 2 aliphatic rings. The van der Waals surface area contributed by atoms with Crippen LogP contribution in [-0.2, 0) is 16.1 Å². The number of carbonyl (C=O) groups excluding carboxylic acids is 2. The summed E-state index contributed by atoms with van der Waals surface area (Å²) < 4.78 is 5.22. The lowest BCUT2D eigenvalue weighted by atomic mass is 9.90. The molecule has 2 saturated heterocycles. The largest absolute Gasteiger partial charge is 0.504 e. The summed E-state index contributed by atoms with van der Waals surface area (Å²) in [7, 11) is 1.48. The van der Waals surface area contributed by atoms with Crippen LogP contribution in [0.4, 0.5) is 0 Å². The number of aromatic hydroxyl groups is 1. The van der Waals surface area contributed by atoms with E-state index in [1.54, 1.807) is 18.2 Å². The number of methoxy groups -OCH3 is 1. The SMILES string of the molecule is CCN1C(=O)[C@H]2[C@@H](C1=O)N(Cc1ccccc1)N[C@H]2c1ccc(O)c(OC)c1. The zero-order valence-electron chi connectivity index (χ0n) is 15.8. The highest BCUT2D eigenvalue weighted by Crippen LogP contribution is 2.42. The van der Waals surface area contributed by atoms with E-state index in [9.17, 15) is 14.7 Å². The first kappa shape index (κ1) is 18.5. The fourth-order valence-electron chi connectivity index (χ4n) is 4.13.